The van der Waals surface area contributed by atoms with Crippen molar-refractivity contribution < 1.29 is 4.92 Å². The van der Waals surface area contributed by atoms with Crippen molar-refractivity contribution in [3.63, 3.8) is 0 Å². The first-order chi connectivity index (χ1) is 8.97. The molecule has 0 radical (unpaired) electrons. The van der Waals surface area contributed by atoms with E-state index in [0.717, 1.165) is 16.7 Å². The van der Waals surface area contributed by atoms with E-state index in [1.807, 2.05) is 33.2 Å². The van der Waals surface area contributed by atoms with E-state index in [-0.39, 0.29) is 10.6 Å². The summed E-state index contributed by atoms with van der Waals surface area (Å²) < 4.78 is 1.70. The van der Waals surface area contributed by atoms with Crippen molar-refractivity contribution in [2.75, 3.05) is 5.32 Å². The van der Waals surface area contributed by atoms with Crippen molar-refractivity contribution in [1.29, 1.82) is 0 Å². The molecule has 0 saturated heterocycles. The SMILES string of the molecule is Cc1cc(NCc2cnn(C)c2)c([N+](=O)[O-])cc1C. The lowest BCUT2D eigenvalue weighted by Gasteiger charge is -2.08. The molecule has 2 aromatic rings. The van der Waals surface area contributed by atoms with Crippen LogP contribution in [0.1, 0.15) is 16.7 Å². The molecule has 6 heteroatoms. The molecule has 0 atom stereocenters. The largest absolute Gasteiger partial charge is 0.375 e. The zero-order chi connectivity index (χ0) is 14.0. The third-order valence-electron chi connectivity index (χ3n) is 3.05. The number of nitro groups is 1. The van der Waals surface area contributed by atoms with Crippen LogP contribution < -0.4 is 5.32 Å². The first-order valence-corrected chi connectivity index (χ1v) is 5.94. The summed E-state index contributed by atoms with van der Waals surface area (Å²) in [5.41, 5.74) is 3.57. The third-order valence-corrected chi connectivity index (χ3v) is 3.05. The highest BCUT2D eigenvalue weighted by Gasteiger charge is 2.15. The number of benzene rings is 1. The molecule has 0 bridgehead atoms. The lowest BCUT2D eigenvalue weighted by Crippen LogP contribution is -2.03. The van der Waals surface area contributed by atoms with E-state index < -0.39 is 0 Å². The maximum Gasteiger partial charge on any atom is 0.292 e. The van der Waals surface area contributed by atoms with E-state index in [1.54, 1.807) is 16.9 Å². The highest BCUT2D eigenvalue weighted by Crippen LogP contribution is 2.28. The second-order valence-corrected chi connectivity index (χ2v) is 4.59. The Bertz CT molecular complexity index is 619. The van der Waals surface area contributed by atoms with Crippen LogP contribution in [0.25, 0.3) is 0 Å². The molecule has 0 amide bonds. The average molecular weight is 260 g/mol. The number of hydrogen-bond acceptors (Lipinski definition) is 4. The van der Waals surface area contributed by atoms with Crippen LogP contribution in [-0.2, 0) is 13.6 Å². The van der Waals surface area contributed by atoms with Gasteiger partial charge in [0.2, 0.25) is 0 Å². The fourth-order valence-electron chi connectivity index (χ4n) is 1.85. The molecule has 0 saturated carbocycles. The Balaban J connectivity index is 2.23. The van der Waals surface area contributed by atoms with Crippen molar-refractivity contribution in [3.8, 4) is 0 Å². The number of nitrogens with one attached hydrogen (secondary N) is 1. The van der Waals surface area contributed by atoms with Crippen LogP contribution in [-0.4, -0.2) is 14.7 Å². The first kappa shape index (κ1) is 13.1. The summed E-state index contributed by atoms with van der Waals surface area (Å²) in [5, 5.41) is 18.2. The summed E-state index contributed by atoms with van der Waals surface area (Å²) in [6, 6.07) is 3.41. The molecule has 0 fully saturated rings. The van der Waals surface area contributed by atoms with Crippen molar-refractivity contribution >= 4 is 11.4 Å². The van der Waals surface area contributed by atoms with Gasteiger partial charge in [0.25, 0.3) is 5.69 Å². The maximum atomic E-state index is 11.0. The second kappa shape index (κ2) is 5.09. The quantitative estimate of drug-likeness (QED) is 0.677. The molecule has 19 heavy (non-hydrogen) atoms. The molecule has 1 aromatic heterocycles. The summed E-state index contributed by atoms with van der Waals surface area (Å²) >= 11 is 0. The van der Waals surface area contributed by atoms with Gasteiger partial charge in [0.15, 0.2) is 0 Å². The van der Waals surface area contributed by atoms with Crippen LogP contribution in [0.15, 0.2) is 24.5 Å². The minimum atomic E-state index is -0.363. The van der Waals surface area contributed by atoms with Crippen LogP contribution in [0.4, 0.5) is 11.4 Å². The Kier molecular flexibility index (Phi) is 3.50. The number of nitro benzene ring substituents is 1. The van der Waals surface area contributed by atoms with Gasteiger partial charge in [-0.3, -0.25) is 14.8 Å². The van der Waals surface area contributed by atoms with Crippen molar-refractivity contribution in [3.05, 3.63) is 51.3 Å². The van der Waals surface area contributed by atoms with Crippen molar-refractivity contribution in [1.82, 2.24) is 9.78 Å². The third kappa shape index (κ3) is 2.90. The van der Waals surface area contributed by atoms with Crippen LogP contribution in [0.2, 0.25) is 0 Å². The van der Waals surface area contributed by atoms with Gasteiger partial charge in [-0.2, -0.15) is 5.10 Å². The predicted molar refractivity (Wildman–Crippen MR) is 73.1 cm³/mol. The molecular weight excluding hydrogens is 244 g/mol. The number of aryl methyl sites for hydroxylation is 3. The normalized spacial score (nSPS) is 10.5. The summed E-state index contributed by atoms with van der Waals surface area (Å²) in [6.07, 6.45) is 3.61. The molecule has 1 N–H and O–H groups in total. The average Bonchev–Trinajstić information content (AvgIpc) is 2.76. The Hall–Kier alpha value is -2.37. The van der Waals surface area contributed by atoms with E-state index >= 15 is 0 Å². The van der Waals surface area contributed by atoms with E-state index in [9.17, 15) is 10.1 Å². The van der Waals surface area contributed by atoms with Gasteiger partial charge in [-0.25, -0.2) is 0 Å². The van der Waals surface area contributed by atoms with Gasteiger partial charge in [-0.05, 0) is 31.0 Å². The molecule has 1 aromatic carbocycles. The highest BCUT2D eigenvalue weighted by atomic mass is 16.6. The number of rotatable bonds is 4. The van der Waals surface area contributed by atoms with E-state index in [4.69, 9.17) is 0 Å². The van der Waals surface area contributed by atoms with Gasteiger partial charge in [-0.1, -0.05) is 0 Å². The van der Waals surface area contributed by atoms with E-state index in [2.05, 4.69) is 10.4 Å². The van der Waals surface area contributed by atoms with Crippen molar-refractivity contribution in [2.24, 2.45) is 7.05 Å². The van der Waals surface area contributed by atoms with Crippen LogP contribution in [0.3, 0.4) is 0 Å². The van der Waals surface area contributed by atoms with Crippen LogP contribution >= 0.6 is 0 Å². The standard InChI is InChI=1S/C13H16N4O2/c1-9-4-12(13(17(18)19)5-10(9)2)14-6-11-7-15-16(3)8-11/h4-5,7-8,14H,6H2,1-3H3. The Labute approximate surface area is 111 Å². The van der Waals surface area contributed by atoms with E-state index in [0.29, 0.717) is 12.2 Å². The molecular formula is C13H16N4O2. The van der Waals surface area contributed by atoms with Gasteiger partial charge in [-0.15, -0.1) is 0 Å². The summed E-state index contributed by atoms with van der Waals surface area (Å²) in [4.78, 5) is 10.7. The summed E-state index contributed by atoms with van der Waals surface area (Å²) in [7, 11) is 1.84. The van der Waals surface area contributed by atoms with Gasteiger partial charge >= 0.3 is 0 Å². The Morgan fingerprint density at radius 1 is 1.37 bits per heavy atom. The van der Waals surface area contributed by atoms with E-state index in [1.165, 1.54) is 0 Å². The molecule has 0 spiro atoms. The molecule has 6 nitrogen and oxygen atoms in total. The molecule has 0 aliphatic carbocycles. The number of anilines is 1. The zero-order valence-electron chi connectivity index (χ0n) is 11.2. The van der Waals surface area contributed by atoms with Gasteiger partial charge in [0.05, 0.1) is 11.1 Å². The second-order valence-electron chi connectivity index (χ2n) is 4.59. The van der Waals surface area contributed by atoms with Gasteiger partial charge in [0, 0.05) is 31.4 Å². The molecule has 1 heterocycles. The molecule has 0 unspecified atom stereocenters. The smallest absolute Gasteiger partial charge is 0.292 e. The van der Waals surface area contributed by atoms with Gasteiger partial charge in [0.1, 0.15) is 5.69 Å². The Morgan fingerprint density at radius 2 is 2.05 bits per heavy atom. The molecule has 0 aliphatic heterocycles. The molecule has 2 rings (SSSR count). The minimum Gasteiger partial charge on any atom is -0.375 e. The number of nitrogens with zero attached hydrogens (tertiary/aromatic N) is 3. The monoisotopic (exact) mass is 260 g/mol. The lowest BCUT2D eigenvalue weighted by atomic mass is 10.1. The summed E-state index contributed by atoms with van der Waals surface area (Å²) in [5.74, 6) is 0. The van der Waals surface area contributed by atoms with Crippen LogP contribution in [0, 0.1) is 24.0 Å². The number of hydrogen-bond donors (Lipinski definition) is 1. The Morgan fingerprint density at radius 3 is 2.63 bits per heavy atom. The fourth-order valence-corrected chi connectivity index (χ4v) is 1.85. The highest BCUT2D eigenvalue weighted by molar-refractivity contribution is 5.64. The lowest BCUT2D eigenvalue weighted by molar-refractivity contribution is -0.384. The maximum absolute atomic E-state index is 11.0. The number of aromatic nitrogens is 2. The molecule has 100 valence electrons. The predicted octanol–water partition coefficient (Wildman–Crippen LogP) is 2.56. The topological polar surface area (TPSA) is 73.0 Å². The zero-order valence-corrected chi connectivity index (χ0v) is 11.2. The van der Waals surface area contributed by atoms with Crippen LogP contribution in [0.5, 0.6) is 0 Å². The summed E-state index contributed by atoms with van der Waals surface area (Å²) in [6.45, 7) is 4.32. The minimum absolute atomic E-state index is 0.104. The van der Waals surface area contributed by atoms with Gasteiger partial charge < -0.3 is 5.32 Å². The fraction of sp³-hybridized carbons (Fsp3) is 0.308. The molecule has 0 aliphatic rings. The van der Waals surface area contributed by atoms with Crippen molar-refractivity contribution in [2.45, 2.75) is 20.4 Å². The first-order valence-electron chi connectivity index (χ1n) is 5.94.